The van der Waals surface area contributed by atoms with Crippen LogP contribution in [0.15, 0.2) is 42.7 Å². The lowest BCUT2D eigenvalue weighted by Crippen LogP contribution is -2.35. The molecular weight excluding hydrogens is 335 g/mol. The molecule has 0 aliphatic heterocycles. The zero-order chi connectivity index (χ0) is 18.5. The summed E-state index contributed by atoms with van der Waals surface area (Å²) in [5.74, 6) is -0.763. The molecule has 26 heavy (non-hydrogen) atoms. The molecule has 2 aromatic heterocycles. The molecule has 0 unspecified atom stereocenters. The maximum absolute atomic E-state index is 13.5. The number of pyridine rings is 1. The van der Waals surface area contributed by atoms with Crippen molar-refractivity contribution in [3.63, 3.8) is 0 Å². The Balaban J connectivity index is 1.51. The van der Waals surface area contributed by atoms with Crippen LogP contribution in [0.5, 0.6) is 0 Å². The molecular formula is C19H19FN4O2. The molecule has 0 aliphatic carbocycles. The van der Waals surface area contributed by atoms with E-state index in [1.165, 1.54) is 18.3 Å². The fourth-order valence-corrected chi connectivity index (χ4v) is 2.78. The lowest BCUT2D eigenvalue weighted by atomic mass is 10.1. The van der Waals surface area contributed by atoms with E-state index in [-0.39, 0.29) is 24.1 Å². The molecule has 3 rings (SSSR count). The van der Waals surface area contributed by atoms with Crippen molar-refractivity contribution in [3.8, 4) is 0 Å². The van der Waals surface area contributed by atoms with Gasteiger partial charge in [0.2, 0.25) is 5.91 Å². The molecule has 3 aromatic rings. The number of H-pyrrole nitrogens is 1. The van der Waals surface area contributed by atoms with E-state index < -0.39 is 0 Å². The number of nitrogens with one attached hydrogen (secondary N) is 3. The second-order valence-corrected chi connectivity index (χ2v) is 5.94. The Bertz CT molecular complexity index is 937. The lowest BCUT2D eigenvalue weighted by molar-refractivity contribution is -0.120. The van der Waals surface area contributed by atoms with E-state index in [9.17, 15) is 14.0 Å². The molecule has 0 bridgehead atoms. The summed E-state index contributed by atoms with van der Waals surface area (Å²) >= 11 is 0. The third kappa shape index (κ3) is 4.05. The molecule has 6 nitrogen and oxygen atoms in total. The van der Waals surface area contributed by atoms with Crippen molar-refractivity contribution in [2.75, 3.05) is 13.1 Å². The van der Waals surface area contributed by atoms with Gasteiger partial charge in [0.1, 0.15) is 5.82 Å². The molecule has 0 aliphatic rings. The Labute approximate surface area is 149 Å². The number of rotatable bonds is 6. The van der Waals surface area contributed by atoms with Crippen molar-refractivity contribution in [1.29, 1.82) is 0 Å². The normalized spacial score (nSPS) is 10.7. The van der Waals surface area contributed by atoms with Crippen LogP contribution in [0.3, 0.4) is 0 Å². The average Bonchev–Trinajstić information content (AvgIpc) is 2.94. The van der Waals surface area contributed by atoms with E-state index in [1.54, 1.807) is 24.4 Å². The van der Waals surface area contributed by atoms with E-state index in [2.05, 4.69) is 20.6 Å². The second kappa shape index (κ2) is 7.77. The number of aromatic amines is 1. The molecule has 0 saturated carbocycles. The summed E-state index contributed by atoms with van der Waals surface area (Å²) in [6.45, 7) is 2.47. The second-order valence-electron chi connectivity index (χ2n) is 5.94. The summed E-state index contributed by atoms with van der Waals surface area (Å²) in [4.78, 5) is 31.1. The van der Waals surface area contributed by atoms with Gasteiger partial charge in [0, 0.05) is 42.1 Å². The first-order chi connectivity index (χ1) is 12.5. The van der Waals surface area contributed by atoms with Crippen molar-refractivity contribution in [2.45, 2.75) is 13.3 Å². The highest BCUT2D eigenvalue weighted by atomic mass is 19.1. The third-order valence-corrected chi connectivity index (χ3v) is 4.08. The summed E-state index contributed by atoms with van der Waals surface area (Å²) in [6, 6.07) is 7.82. The first kappa shape index (κ1) is 17.6. The number of hydrogen-bond donors (Lipinski definition) is 3. The minimum atomic E-state index is -0.337. The summed E-state index contributed by atoms with van der Waals surface area (Å²) < 4.78 is 13.5. The predicted molar refractivity (Wildman–Crippen MR) is 96.3 cm³/mol. The van der Waals surface area contributed by atoms with Crippen LogP contribution in [0.2, 0.25) is 0 Å². The molecule has 7 heteroatoms. The highest BCUT2D eigenvalue weighted by Crippen LogP contribution is 2.23. The molecule has 3 N–H and O–H groups in total. The minimum absolute atomic E-state index is 0.145. The van der Waals surface area contributed by atoms with Crippen LogP contribution in [-0.4, -0.2) is 34.9 Å². The van der Waals surface area contributed by atoms with Gasteiger partial charge in [0.15, 0.2) is 0 Å². The van der Waals surface area contributed by atoms with Gasteiger partial charge in [-0.2, -0.15) is 0 Å². The topological polar surface area (TPSA) is 86.9 Å². The van der Waals surface area contributed by atoms with Gasteiger partial charge in [0.25, 0.3) is 5.91 Å². The van der Waals surface area contributed by atoms with Crippen molar-refractivity contribution in [1.82, 2.24) is 20.6 Å². The number of nitrogens with zero attached hydrogens (tertiary/aromatic N) is 1. The number of carbonyl (C=O) groups is 2. The van der Waals surface area contributed by atoms with Gasteiger partial charge < -0.3 is 15.6 Å². The van der Waals surface area contributed by atoms with Gasteiger partial charge in [-0.05, 0) is 42.8 Å². The molecule has 0 radical (unpaired) electrons. The number of aromatic nitrogens is 2. The van der Waals surface area contributed by atoms with Crippen molar-refractivity contribution < 1.29 is 14.0 Å². The summed E-state index contributed by atoms with van der Waals surface area (Å²) in [5, 5.41) is 6.18. The van der Waals surface area contributed by atoms with E-state index >= 15 is 0 Å². The Hall–Kier alpha value is -3.22. The SMILES string of the molecule is Cc1[nH]c2ccc(F)cc2c1CC(=O)NCCNC(=O)c1cccnc1. The smallest absolute Gasteiger partial charge is 0.252 e. The zero-order valence-electron chi connectivity index (χ0n) is 14.3. The monoisotopic (exact) mass is 354 g/mol. The number of benzene rings is 1. The number of amides is 2. The molecule has 2 amide bonds. The van der Waals surface area contributed by atoms with Crippen LogP contribution < -0.4 is 10.6 Å². The van der Waals surface area contributed by atoms with E-state index in [1.807, 2.05) is 6.92 Å². The Morgan fingerprint density at radius 1 is 1.19 bits per heavy atom. The lowest BCUT2D eigenvalue weighted by Gasteiger charge is -2.07. The summed E-state index contributed by atoms with van der Waals surface area (Å²) in [6.07, 6.45) is 3.22. The van der Waals surface area contributed by atoms with Crippen LogP contribution in [0.1, 0.15) is 21.6 Å². The standard InChI is InChI=1S/C19H19FN4O2/c1-12-15(16-9-14(20)4-5-17(16)24-12)10-18(25)22-7-8-23-19(26)13-3-2-6-21-11-13/h2-6,9,11,24H,7-8,10H2,1H3,(H,22,25)(H,23,26). The van der Waals surface area contributed by atoms with E-state index in [4.69, 9.17) is 0 Å². The molecule has 134 valence electrons. The van der Waals surface area contributed by atoms with Gasteiger partial charge in [0.05, 0.1) is 12.0 Å². The predicted octanol–water partition coefficient (Wildman–Crippen LogP) is 2.10. The first-order valence-electron chi connectivity index (χ1n) is 8.26. The first-order valence-corrected chi connectivity index (χ1v) is 8.26. The molecule has 0 spiro atoms. The summed E-state index contributed by atoms with van der Waals surface area (Å²) in [5.41, 5.74) is 2.88. The number of hydrogen-bond acceptors (Lipinski definition) is 3. The van der Waals surface area contributed by atoms with Crippen LogP contribution >= 0.6 is 0 Å². The van der Waals surface area contributed by atoms with Crippen molar-refractivity contribution in [2.24, 2.45) is 0 Å². The Kier molecular flexibility index (Phi) is 5.26. The largest absolute Gasteiger partial charge is 0.358 e. The molecule has 1 aromatic carbocycles. The zero-order valence-corrected chi connectivity index (χ0v) is 14.3. The maximum atomic E-state index is 13.5. The van der Waals surface area contributed by atoms with Crippen LogP contribution in [0, 0.1) is 12.7 Å². The number of aryl methyl sites for hydroxylation is 1. The highest BCUT2D eigenvalue weighted by molar-refractivity contribution is 5.94. The molecule has 0 fully saturated rings. The highest BCUT2D eigenvalue weighted by Gasteiger charge is 2.13. The Morgan fingerprint density at radius 2 is 2.00 bits per heavy atom. The van der Waals surface area contributed by atoms with E-state index in [0.29, 0.717) is 24.0 Å². The number of carbonyl (C=O) groups excluding carboxylic acids is 2. The van der Waals surface area contributed by atoms with Crippen LogP contribution in [0.25, 0.3) is 10.9 Å². The number of fused-ring (bicyclic) bond motifs is 1. The Morgan fingerprint density at radius 3 is 2.77 bits per heavy atom. The molecule has 2 heterocycles. The van der Waals surface area contributed by atoms with E-state index in [0.717, 1.165) is 16.8 Å². The van der Waals surface area contributed by atoms with Crippen molar-refractivity contribution >= 4 is 22.7 Å². The molecule has 0 saturated heterocycles. The van der Waals surface area contributed by atoms with Gasteiger partial charge in [-0.1, -0.05) is 0 Å². The fraction of sp³-hybridized carbons (Fsp3) is 0.211. The van der Waals surface area contributed by atoms with Crippen LogP contribution in [-0.2, 0) is 11.2 Å². The fourth-order valence-electron chi connectivity index (χ4n) is 2.78. The average molecular weight is 354 g/mol. The quantitative estimate of drug-likeness (QED) is 0.593. The summed E-state index contributed by atoms with van der Waals surface area (Å²) in [7, 11) is 0. The maximum Gasteiger partial charge on any atom is 0.252 e. The van der Waals surface area contributed by atoms with Gasteiger partial charge in [-0.3, -0.25) is 14.6 Å². The minimum Gasteiger partial charge on any atom is -0.358 e. The van der Waals surface area contributed by atoms with Crippen molar-refractivity contribution in [3.05, 3.63) is 65.4 Å². The van der Waals surface area contributed by atoms with Crippen LogP contribution in [0.4, 0.5) is 4.39 Å². The molecule has 0 atom stereocenters. The van der Waals surface area contributed by atoms with Gasteiger partial charge in [-0.25, -0.2) is 4.39 Å². The third-order valence-electron chi connectivity index (χ3n) is 4.08. The van der Waals surface area contributed by atoms with Gasteiger partial charge in [-0.15, -0.1) is 0 Å². The van der Waals surface area contributed by atoms with Gasteiger partial charge >= 0.3 is 0 Å². The number of halogens is 1.